The molecule has 0 aliphatic carbocycles. The average Bonchev–Trinajstić information content (AvgIpc) is 2.84. The van der Waals surface area contributed by atoms with Crippen LogP contribution in [0.5, 0.6) is 0 Å². The lowest BCUT2D eigenvalue weighted by Crippen LogP contribution is -2.35. The Bertz CT molecular complexity index is 392. The summed E-state index contributed by atoms with van der Waals surface area (Å²) in [4.78, 5) is 2.50. The van der Waals surface area contributed by atoms with Crippen LogP contribution in [0.2, 0.25) is 0 Å². The fourth-order valence-electron chi connectivity index (χ4n) is 2.82. The smallest absolute Gasteiger partial charge is 0.0883 e. The number of hydrogen-bond acceptors (Lipinski definition) is 3. The van der Waals surface area contributed by atoms with Gasteiger partial charge >= 0.3 is 0 Å². The summed E-state index contributed by atoms with van der Waals surface area (Å²) in [7, 11) is 1.80. The second-order valence-electron chi connectivity index (χ2n) is 5.80. The highest BCUT2D eigenvalue weighted by Gasteiger charge is 2.23. The Balaban J connectivity index is 2.08. The molecular weight excluding hydrogens is 238 g/mol. The minimum atomic E-state index is 0.486. The Hall–Kier alpha value is -1.03. The third-order valence-electron chi connectivity index (χ3n) is 4.00. The Morgan fingerprint density at radius 2 is 2.05 bits per heavy atom. The van der Waals surface area contributed by atoms with Gasteiger partial charge in [-0.2, -0.15) is 5.10 Å². The van der Waals surface area contributed by atoms with Crippen LogP contribution in [0.3, 0.4) is 0 Å². The summed E-state index contributed by atoms with van der Waals surface area (Å²) in [5, 5.41) is 4.71. The van der Waals surface area contributed by atoms with Crippen LogP contribution in [0.1, 0.15) is 45.2 Å². The van der Waals surface area contributed by atoms with Crippen molar-refractivity contribution < 1.29 is 4.74 Å². The molecule has 108 valence electrons. The molecule has 1 fully saturated rings. The van der Waals surface area contributed by atoms with Crippen molar-refractivity contribution in [2.75, 3.05) is 31.7 Å². The van der Waals surface area contributed by atoms with E-state index in [-0.39, 0.29) is 0 Å². The topological polar surface area (TPSA) is 30.3 Å². The second kappa shape index (κ2) is 6.42. The van der Waals surface area contributed by atoms with Crippen molar-refractivity contribution in [3.63, 3.8) is 0 Å². The third-order valence-corrected chi connectivity index (χ3v) is 4.00. The van der Waals surface area contributed by atoms with E-state index in [9.17, 15) is 0 Å². The van der Waals surface area contributed by atoms with Gasteiger partial charge in [-0.15, -0.1) is 0 Å². The van der Waals surface area contributed by atoms with Crippen LogP contribution >= 0.6 is 0 Å². The van der Waals surface area contributed by atoms with E-state index in [4.69, 9.17) is 9.84 Å². The van der Waals surface area contributed by atoms with E-state index in [1.807, 2.05) is 0 Å². The van der Waals surface area contributed by atoms with E-state index in [0.717, 1.165) is 32.2 Å². The van der Waals surface area contributed by atoms with Crippen molar-refractivity contribution in [2.45, 2.75) is 46.1 Å². The largest absolute Gasteiger partial charge is 0.384 e. The zero-order chi connectivity index (χ0) is 13.8. The normalized spacial score (nSPS) is 17.4. The van der Waals surface area contributed by atoms with Crippen molar-refractivity contribution >= 4 is 5.69 Å². The lowest BCUT2D eigenvalue weighted by Gasteiger charge is -2.33. The molecule has 1 aliphatic heterocycles. The molecule has 1 aromatic heterocycles. The van der Waals surface area contributed by atoms with Gasteiger partial charge in [0.15, 0.2) is 0 Å². The van der Waals surface area contributed by atoms with Gasteiger partial charge in [0, 0.05) is 39.5 Å². The summed E-state index contributed by atoms with van der Waals surface area (Å²) >= 11 is 0. The highest BCUT2D eigenvalue weighted by molar-refractivity contribution is 5.51. The van der Waals surface area contributed by atoms with Gasteiger partial charge in [-0.3, -0.25) is 4.68 Å². The van der Waals surface area contributed by atoms with Crippen LogP contribution in [0.4, 0.5) is 5.69 Å². The third kappa shape index (κ3) is 3.30. The molecule has 0 radical (unpaired) electrons. The number of ether oxygens (including phenoxy) is 1. The maximum Gasteiger partial charge on any atom is 0.0883 e. The number of aryl methyl sites for hydroxylation is 1. The van der Waals surface area contributed by atoms with Crippen LogP contribution in [0, 0.1) is 5.92 Å². The van der Waals surface area contributed by atoms with Gasteiger partial charge in [0.25, 0.3) is 0 Å². The molecule has 4 heteroatoms. The highest BCUT2D eigenvalue weighted by atomic mass is 16.5. The molecule has 0 unspecified atom stereocenters. The van der Waals surface area contributed by atoms with E-state index in [0.29, 0.717) is 5.92 Å². The minimum Gasteiger partial charge on any atom is -0.384 e. The molecule has 0 atom stereocenters. The number of piperidine rings is 1. The fraction of sp³-hybridized carbons (Fsp3) is 0.800. The van der Waals surface area contributed by atoms with Crippen LogP contribution in [-0.2, 0) is 11.3 Å². The van der Waals surface area contributed by atoms with Gasteiger partial charge in [0.2, 0.25) is 0 Å². The first-order valence-electron chi connectivity index (χ1n) is 7.46. The maximum absolute atomic E-state index is 5.27. The predicted molar refractivity (Wildman–Crippen MR) is 78.8 cm³/mol. The maximum atomic E-state index is 5.27. The first-order valence-corrected chi connectivity index (χ1v) is 7.46. The summed E-state index contributed by atoms with van der Waals surface area (Å²) < 4.78 is 7.33. The van der Waals surface area contributed by atoms with E-state index in [2.05, 4.69) is 36.5 Å². The molecule has 0 bridgehead atoms. The van der Waals surface area contributed by atoms with Gasteiger partial charge in [0.05, 0.1) is 11.4 Å². The molecule has 0 aromatic carbocycles. The molecule has 0 saturated carbocycles. The number of hydrogen-bond donors (Lipinski definition) is 0. The van der Waals surface area contributed by atoms with Crippen molar-refractivity contribution in [1.82, 2.24) is 9.78 Å². The van der Waals surface area contributed by atoms with Crippen LogP contribution in [-0.4, -0.2) is 36.6 Å². The summed E-state index contributed by atoms with van der Waals surface area (Å²) in [6.45, 7) is 10.7. The molecule has 1 aromatic rings. The van der Waals surface area contributed by atoms with E-state index in [1.165, 1.54) is 24.2 Å². The fourth-order valence-corrected chi connectivity index (χ4v) is 2.82. The Morgan fingerprint density at radius 1 is 1.37 bits per heavy atom. The Morgan fingerprint density at radius 3 is 2.58 bits per heavy atom. The quantitative estimate of drug-likeness (QED) is 0.820. The molecule has 19 heavy (non-hydrogen) atoms. The van der Waals surface area contributed by atoms with Gasteiger partial charge in [-0.1, -0.05) is 13.8 Å². The van der Waals surface area contributed by atoms with Gasteiger partial charge in [-0.05, 0) is 31.6 Å². The van der Waals surface area contributed by atoms with Gasteiger partial charge in [0.1, 0.15) is 0 Å². The van der Waals surface area contributed by atoms with Crippen molar-refractivity contribution in [3.05, 3.63) is 11.9 Å². The average molecular weight is 265 g/mol. The molecular formula is C15H27N3O. The molecule has 4 nitrogen and oxygen atoms in total. The molecule has 1 aliphatic rings. The zero-order valence-electron chi connectivity index (χ0n) is 12.7. The second-order valence-corrected chi connectivity index (χ2v) is 5.80. The number of nitrogens with zero attached hydrogens (tertiary/aromatic N) is 3. The molecule has 0 spiro atoms. The minimum absolute atomic E-state index is 0.486. The Labute approximate surface area is 116 Å². The number of anilines is 1. The summed E-state index contributed by atoms with van der Waals surface area (Å²) in [5.74, 6) is 1.21. The monoisotopic (exact) mass is 265 g/mol. The Kier molecular flexibility index (Phi) is 4.86. The SMILES string of the molecule is CCn1cc(N2CCC(COC)CC2)c(C(C)C)n1. The van der Waals surface area contributed by atoms with Crippen molar-refractivity contribution in [2.24, 2.45) is 5.92 Å². The predicted octanol–water partition coefficient (Wildman–Crippen LogP) is 2.89. The van der Waals surface area contributed by atoms with Crippen LogP contribution < -0.4 is 4.90 Å². The summed E-state index contributed by atoms with van der Waals surface area (Å²) in [6.07, 6.45) is 4.66. The summed E-state index contributed by atoms with van der Waals surface area (Å²) in [6, 6.07) is 0. The van der Waals surface area contributed by atoms with Crippen molar-refractivity contribution in [3.8, 4) is 0 Å². The van der Waals surface area contributed by atoms with E-state index < -0.39 is 0 Å². The molecule has 2 heterocycles. The lowest BCUT2D eigenvalue weighted by molar-refractivity contribution is 0.139. The number of methoxy groups -OCH3 is 1. The zero-order valence-corrected chi connectivity index (χ0v) is 12.7. The van der Waals surface area contributed by atoms with E-state index in [1.54, 1.807) is 7.11 Å². The molecule has 0 N–H and O–H groups in total. The first kappa shape index (κ1) is 14.4. The number of rotatable bonds is 5. The molecule has 2 rings (SSSR count). The molecule has 1 saturated heterocycles. The van der Waals surface area contributed by atoms with Gasteiger partial charge < -0.3 is 9.64 Å². The van der Waals surface area contributed by atoms with Crippen LogP contribution in [0.25, 0.3) is 0 Å². The first-order chi connectivity index (χ1) is 9.15. The summed E-state index contributed by atoms with van der Waals surface area (Å²) in [5.41, 5.74) is 2.58. The van der Waals surface area contributed by atoms with Gasteiger partial charge in [-0.25, -0.2) is 0 Å². The number of aromatic nitrogens is 2. The van der Waals surface area contributed by atoms with E-state index >= 15 is 0 Å². The van der Waals surface area contributed by atoms with Crippen LogP contribution in [0.15, 0.2) is 6.20 Å². The standard InChI is InChI=1S/C15H27N3O/c1-5-18-10-14(15(16-18)12(2)3)17-8-6-13(7-9-17)11-19-4/h10,12-13H,5-9,11H2,1-4H3. The lowest BCUT2D eigenvalue weighted by atomic mass is 9.97. The van der Waals surface area contributed by atoms with Crippen molar-refractivity contribution in [1.29, 1.82) is 0 Å². The molecule has 0 amide bonds. The highest BCUT2D eigenvalue weighted by Crippen LogP contribution is 2.30.